The zero-order chi connectivity index (χ0) is 11.1. The van der Waals surface area contributed by atoms with Gasteiger partial charge in [-0.05, 0) is 18.6 Å². The average molecular weight is 227 g/mol. The fraction of sp³-hybridized carbons (Fsp3) is 0.500. The topological polar surface area (TPSA) is 67.2 Å². The Balaban J connectivity index is 2.12. The van der Waals surface area contributed by atoms with Crippen molar-refractivity contribution in [2.45, 2.75) is 19.9 Å². The lowest BCUT2D eigenvalue weighted by molar-refractivity contribution is 0.249. The van der Waals surface area contributed by atoms with Gasteiger partial charge in [0.1, 0.15) is 0 Å². The maximum atomic E-state index is 10.4. The molecule has 1 rings (SSSR count). The lowest BCUT2D eigenvalue weighted by Gasteiger charge is -2.03. The highest BCUT2D eigenvalue weighted by molar-refractivity contribution is 7.11. The van der Waals surface area contributed by atoms with Crippen LogP contribution in [0.5, 0.6) is 0 Å². The lowest BCUT2D eigenvalue weighted by Crippen LogP contribution is -2.35. The Hall–Kier alpha value is -1.07. The van der Waals surface area contributed by atoms with Crippen LogP contribution < -0.4 is 16.4 Å². The van der Waals surface area contributed by atoms with Crippen molar-refractivity contribution in [1.29, 1.82) is 0 Å². The molecule has 0 radical (unpaired) electrons. The van der Waals surface area contributed by atoms with Gasteiger partial charge in [-0.3, -0.25) is 0 Å². The van der Waals surface area contributed by atoms with E-state index in [2.05, 4.69) is 29.7 Å². The number of hydrogen-bond donors (Lipinski definition) is 3. The Morgan fingerprint density at radius 2 is 2.13 bits per heavy atom. The van der Waals surface area contributed by atoms with E-state index in [1.165, 1.54) is 9.75 Å². The van der Waals surface area contributed by atoms with Crippen molar-refractivity contribution in [3.05, 3.63) is 21.9 Å². The molecule has 15 heavy (non-hydrogen) atoms. The molecule has 5 heteroatoms. The van der Waals surface area contributed by atoms with Crippen LogP contribution in [0.1, 0.15) is 16.7 Å². The predicted molar refractivity (Wildman–Crippen MR) is 63.0 cm³/mol. The Morgan fingerprint density at radius 3 is 2.73 bits per heavy atom. The van der Waals surface area contributed by atoms with Crippen LogP contribution in [0.25, 0.3) is 0 Å². The second-order valence-electron chi connectivity index (χ2n) is 3.19. The minimum atomic E-state index is -0.471. The van der Waals surface area contributed by atoms with Gasteiger partial charge in [-0.25, -0.2) is 4.79 Å². The third kappa shape index (κ3) is 4.80. The summed E-state index contributed by atoms with van der Waals surface area (Å²) in [4.78, 5) is 13.1. The number of carbonyl (C=O) groups excluding carboxylic acids is 1. The maximum Gasteiger partial charge on any atom is 0.312 e. The first-order chi connectivity index (χ1) is 7.22. The number of nitrogens with one attached hydrogen (secondary N) is 2. The number of thiophene rings is 1. The summed E-state index contributed by atoms with van der Waals surface area (Å²) in [6.45, 7) is 4.31. The molecule has 1 heterocycles. The van der Waals surface area contributed by atoms with E-state index >= 15 is 0 Å². The molecule has 2 amide bonds. The van der Waals surface area contributed by atoms with Crippen LogP contribution in [-0.2, 0) is 13.0 Å². The van der Waals surface area contributed by atoms with Crippen LogP contribution in [-0.4, -0.2) is 19.1 Å². The summed E-state index contributed by atoms with van der Waals surface area (Å²) in [6.07, 6.45) is 1.09. The lowest BCUT2D eigenvalue weighted by atomic mass is 10.3. The zero-order valence-corrected chi connectivity index (χ0v) is 9.69. The average Bonchev–Trinajstić information content (AvgIpc) is 2.65. The Kier molecular flexibility index (Phi) is 5.14. The monoisotopic (exact) mass is 227 g/mol. The fourth-order valence-electron chi connectivity index (χ4n) is 1.19. The molecule has 4 nitrogen and oxygen atoms in total. The van der Waals surface area contributed by atoms with Gasteiger partial charge in [0.15, 0.2) is 0 Å². The normalized spacial score (nSPS) is 10.2. The van der Waals surface area contributed by atoms with E-state index < -0.39 is 6.03 Å². The molecular formula is C10H17N3OS. The Morgan fingerprint density at radius 1 is 1.40 bits per heavy atom. The number of hydrogen-bond acceptors (Lipinski definition) is 3. The highest BCUT2D eigenvalue weighted by Crippen LogP contribution is 2.16. The molecule has 0 spiro atoms. The molecule has 0 aliphatic heterocycles. The van der Waals surface area contributed by atoms with Gasteiger partial charge in [0.25, 0.3) is 0 Å². The molecule has 0 saturated carbocycles. The van der Waals surface area contributed by atoms with Gasteiger partial charge in [-0.15, -0.1) is 11.3 Å². The van der Waals surface area contributed by atoms with Crippen LogP contribution in [0.3, 0.4) is 0 Å². The van der Waals surface area contributed by atoms with Crippen molar-refractivity contribution in [3.63, 3.8) is 0 Å². The highest BCUT2D eigenvalue weighted by Gasteiger charge is 1.97. The van der Waals surface area contributed by atoms with Crippen LogP contribution in [0, 0.1) is 0 Å². The van der Waals surface area contributed by atoms with Gasteiger partial charge in [0.2, 0.25) is 0 Å². The number of carbonyl (C=O) groups is 1. The van der Waals surface area contributed by atoms with Crippen molar-refractivity contribution < 1.29 is 4.79 Å². The number of primary amides is 1. The molecule has 1 aromatic rings. The van der Waals surface area contributed by atoms with E-state index in [0.717, 1.165) is 19.5 Å². The number of amides is 2. The molecule has 1 aromatic heterocycles. The zero-order valence-electron chi connectivity index (χ0n) is 8.88. The number of nitrogens with two attached hydrogens (primary N) is 1. The number of rotatable bonds is 6. The minimum absolute atomic E-state index is 0.471. The summed E-state index contributed by atoms with van der Waals surface area (Å²) in [5, 5.41) is 5.76. The first-order valence-electron chi connectivity index (χ1n) is 5.04. The highest BCUT2D eigenvalue weighted by atomic mass is 32.1. The van der Waals surface area contributed by atoms with Gasteiger partial charge < -0.3 is 16.4 Å². The summed E-state index contributed by atoms with van der Waals surface area (Å²) in [6, 6.07) is 3.82. The maximum absolute atomic E-state index is 10.4. The molecule has 4 N–H and O–H groups in total. The smallest absolute Gasteiger partial charge is 0.312 e. The van der Waals surface area contributed by atoms with Crippen molar-refractivity contribution in [1.82, 2.24) is 10.6 Å². The largest absolute Gasteiger partial charge is 0.352 e. The molecule has 0 saturated heterocycles. The SMILES string of the molecule is CCc1ccc(CNCCNC(N)=O)s1. The second kappa shape index (κ2) is 6.42. The van der Waals surface area contributed by atoms with E-state index in [0.29, 0.717) is 6.54 Å². The number of urea groups is 1. The quantitative estimate of drug-likeness (QED) is 0.636. The molecule has 0 bridgehead atoms. The molecule has 0 atom stereocenters. The summed E-state index contributed by atoms with van der Waals surface area (Å²) < 4.78 is 0. The second-order valence-corrected chi connectivity index (χ2v) is 4.44. The molecule has 0 aromatic carbocycles. The predicted octanol–water partition coefficient (Wildman–Crippen LogP) is 1.07. The minimum Gasteiger partial charge on any atom is -0.352 e. The first kappa shape index (κ1) is 12.0. The van der Waals surface area contributed by atoms with Gasteiger partial charge in [-0.1, -0.05) is 6.92 Å². The number of aryl methyl sites for hydroxylation is 1. The third-order valence-electron chi connectivity index (χ3n) is 1.97. The van der Waals surface area contributed by atoms with Crippen molar-refractivity contribution >= 4 is 17.4 Å². The van der Waals surface area contributed by atoms with Crippen molar-refractivity contribution in [2.24, 2.45) is 5.73 Å². The van der Waals surface area contributed by atoms with Crippen LogP contribution in [0.15, 0.2) is 12.1 Å². The van der Waals surface area contributed by atoms with Gasteiger partial charge >= 0.3 is 6.03 Å². The summed E-state index contributed by atoms with van der Waals surface area (Å²) in [5.74, 6) is 0. The van der Waals surface area contributed by atoms with E-state index in [-0.39, 0.29) is 0 Å². The van der Waals surface area contributed by atoms with E-state index in [4.69, 9.17) is 5.73 Å². The summed E-state index contributed by atoms with van der Waals surface area (Å²) in [7, 11) is 0. The van der Waals surface area contributed by atoms with E-state index in [9.17, 15) is 4.79 Å². The molecule has 0 fully saturated rings. The van der Waals surface area contributed by atoms with Gasteiger partial charge in [0, 0.05) is 29.4 Å². The summed E-state index contributed by atoms with van der Waals surface area (Å²) >= 11 is 1.82. The standard InChI is InChI=1S/C10H17N3OS/c1-2-8-3-4-9(15-8)7-12-5-6-13-10(11)14/h3-4,12H,2,5-7H2,1H3,(H3,11,13,14). The molecule has 0 aliphatic carbocycles. The molecule has 84 valence electrons. The Bertz CT molecular complexity index is 311. The van der Waals surface area contributed by atoms with Gasteiger partial charge in [0.05, 0.1) is 0 Å². The molecular weight excluding hydrogens is 210 g/mol. The first-order valence-corrected chi connectivity index (χ1v) is 5.85. The molecule has 0 aliphatic rings. The van der Waals surface area contributed by atoms with Crippen LogP contribution in [0.4, 0.5) is 4.79 Å². The van der Waals surface area contributed by atoms with Crippen molar-refractivity contribution in [2.75, 3.05) is 13.1 Å². The Labute approximate surface area is 93.9 Å². The van der Waals surface area contributed by atoms with Crippen molar-refractivity contribution in [3.8, 4) is 0 Å². The summed E-state index contributed by atoms with van der Waals surface area (Å²) in [5.41, 5.74) is 4.93. The van der Waals surface area contributed by atoms with Crippen LogP contribution in [0.2, 0.25) is 0 Å². The van der Waals surface area contributed by atoms with E-state index in [1.54, 1.807) is 0 Å². The fourth-order valence-corrected chi connectivity index (χ4v) is 2.12. The van der Waals surface area contributed by atoms with E-state index in [1.807, 2.05) is 11.3 Å². The van der Waals surface area contributed by atoms with Gasteiger partial charge in [-0.2, -0.15) is 0 Å². The molecule has 0 unspecified atom stereocenters. The van der Waals surface area contributed by atoms with Crippen LogP contribution >= 0.6 is 11.3 Å². The third-order valence-corrected chi connectivity index (χ3v) is 3.20.